The van der Waals surface area contributed by atoms with Crippen LogP contribution in [0.2, 0.25) is 0 Å². The van der Waals surface area contributed by atoms with Gasteiger partial charge in [0.05, 0.1) is 11.9 Å². The largest absolute Gasteiger partial charge is 0.354 e. The van der Waals surface area contributed by atoms with Gasteiger partial charge in [0.2, 0.25) is 21.8 Å². The first-order chi connectivity index (χ1) is 15.6. The molecule has 2 aromatic rings. The van der Waals surface area contributed by atoms with E-state index in [1.807, 2.05) is 6.92 Å². The summed E-state index contributed by atoms with van der Waals surface area (Å²) in [4.78, 5) is 27.6. The van der Waals surface area contributed by atoms with Crippen LogP contribution in [-0.2, 0) is 26.2 Å². The van der Waals surface area contributed by atoms with Gasteiger partial charge >= 0.3 is 0 Å². The number of anilines is 1. The monoisotopic (exact) mass is 541 g/mol. The number of nitrogens with zero attached hydrogens (tertiary/aromatic N) is 2. The van der Waals surface area contributed by atoms with Crippen LogP contribution in [0.4, 0.5) is 10.1 Å². The molecule has 2 rings (SSSR count). The average molecular weight is 542 g/mol. The summed E-state index contributed by atoms with van der Waals surface area (Å²) in [5.74, 6) is -1.27. The maximum atomic E-state index is 13.4. The zero-order valence-corrected chi connectivity index (χ0v) is 21.3. The van der Waals surface area contributed by atoms with Gasteiger partial charge in [-0.25, -0.2) is 12.8 Å². The van der Waals surface area contributed by atoms with Crippen molar-refractivity contribution in [2.24, 2.45) is 0 Å². The molecule has 0 aliphatic heterocycles. The van der Waals surface area contributed by atoms with Crippen LogP contribution in [0.3, 0.4) is 0 Å². The van der Waals surface area contributed by atoms with E-state index in [1.54, 1.807) is 31.2 Å². The van der Waals surface area contributed by atoms with Crippen LogP contribution in [0.25, 0.3) is 0 Å². The zero-order valence-electron chi connectivity index (χ0n) is 18.9. The Labute approximate surface area is 203 Å². The molecular formula is C23H29BrFN3O4S. The van der Waals surface area contributed by atoms with E-state index in [1.165, 1.54) is 29.2 Å². The van der Waals surface area contributed by atoms with E-state index >= 15 is 0 Å². The minimum absolute atomic E-state index is 0.0368. The zero-order chi connectivity index (χ0) is 24.6. The maximum absolute atomic E-state index is 13.4. The second-order valence-electron chi connectivity index (χ2n) is 7.61. The molecule has 0 radical (unpaired) electrons. The summed E-state index contributed by atoms with van der Waals surface area (Å²) in [5, 5.41) is 2.81. The maximum Gasteiger partial charge on any atom is 0.244 e. The van der Waals surface area contributed by atoms with Gasteiger partial charge in [-0.2, -0.15) is 0 Å². The second kappa shape index (κ2) is 12.1. The lowest BCUT2D eigenvalue weighted by Gasteiger charge is -2.32. The first-order valence-corrected chi connectivity index (χ1v) is 13.3. The van der Waals surface area contributed by atoms with Crippen molar-refractivity contribution in [2.75, 3.05) is 23.7 Å². The highest BCUT2D eigenvalue weighted by atomic mass is 79.9. The average Bonchev–Trinajstić information content (AvgIpc) is 2.77. The summed E-state index contributed by atoms with van der Waals surface area (Å²) in [6.07, 6.45) is 2.09. The normalized spacial score (nSPS) is 12.2. The van der Waals surface area contributed by atoms with Gasteiger partial charge in [0.1, 0.15) is 18.4 Å². The Kier molecular flexibility index (Phi) is 9.85. The quantitative estimate of drug-likeness (QED) is 0.470. The molecule has 1 unspecified atom stereocenters. The van der Waals surface area contributed by atoms with Crippen LogP contribution >= 0.6 is 15.9 Å². The molecule has 33 heavy (non-hydrogen) atoms. The highest BCUT2D eigenvalue weighted by molar-refractivity contribution is 9.10. The molecule has 0 aliphatic carbocycles. The van der Waals surface area contributed by atoms with E-state index in [-0.39, 0.29) is 12.5 Å². The lowest BCUT2D eigenvalue weighted by atomic mass is 10.1. The van der Waals surface area contributed by atoms with Crippen molar-refractivity contribution < 1.29 is 22.4 Å². The molecule has 1 atom stereocenters. The minimum atomic E-state index is -3.78. The molecule has 7 nitrogen and oxygen atoms in total. The fourth-order valence-corrected chi connectivity index (χ4v) is 4.41. The van der Waals surface area contributed by atoms with Gasteiger partial charge in [0.15, 0.2) is 0 Å². The van der Waals surface area contributed by atoms with Crippen molar-refractivity contribution in [2.45, 2.75) is 39.3 Å². The van der Waals surface area contributed by atoms with Crippen LogP contribution in [0.1, 0.15) is 32.3 Å². The van der Waals surface area contributed by atoms with E-state index in [9.17, 15) is 22.4 Å². The molecule has 0 aliphatic rings. The van der Waals surface area contributed by atoms with Crippen LogP contribution in [0, 0.1) is 5.82 Å². The number of carbonyl (C=O) groups excluding carboxylic acids is 2. The van der Waals surface area contributed by atoms with Crippen molar-refractivity contribution in [1.29, 1.82) is 0 Å². The number of amides is 2. The Hall–Kier alpha value is -2.46. The molecule has 0 bridgehead atoms. The fraction of sp³-hybridized carbons (Fsp3) is 0.391. The van der Waals surface area contributed by atoms with Gasteiger partial charge in [-0.3, -0.25) is 13.9 Å². The van der Waals surface area contributed by atoms with Crippen molar-refractivity contribution in [3.8, 4) is 0 Å². The fourth-order valence-electron chi connectivity index (χ4n) is 3.29. The molecule has 180 valence electrons. The predicted molar refractivity (Wildman–Crippen MR) is 131 cm³/mol. The highest BCUT2D eigenvalue weighted by Crippen LogP contribution is 2.22. The summed E-state index contributed by atoms with van der Waals surface area (Å²) in [6.45, 7) is 3.73. The third kappa shape index (κ3) is 7.82. The minimum Gasteiger partial charge on any atom is -0.354 e. The first-order valence-electron chi connectivity index (χ1n) is 10.6. The van der Waals surface area contributed by atoms with Gasteiger partial charge in [0, 0.05) is 17.6 Å². The number of hydrogen-bond acceptors (Lipinski definition) is 4. The highest BCUT2D eigenvalue weighted by Gasteiger charge is 2.31. The van der Waals surface area contributed by atoms with Crippen molar-refractivity contribution in [1.82, 2.24) is 10.2 Å². The number of halogens is 2. The Morgan fingerprint density at radius 3 is 2.18 bits per heavy atom. The van der Waals surface area contributed by atoms with Crippen LogP contribution in [0.15, 0.2) is 53.0 Å². The van der Waals surface area contributed by atoms with E-state index in [4.69, 9.17) is 0 Å². The second-order valence-corrected chi connectivity index (χ2v) is 10.4. The molecule has 0 heterocycles. The van der Waals surface area contributed by atoms with Crippen LogP contribution < -0.4 is 9.62 Å². The third-order valence-corrected chi connectivity index (χ3v) is 6.66. The number of hydrogen-bond donors (Lipinski definition) is 1. The van der Waals surface area contributed by atoms with Crippen molar-refractivity contribution in [3.63, 3.8) is 0 Å². The molecule has 0 fully saturated rings. The number of rotatable bonds is 11. The molecule has 0 spiro atoms. The van der Waals surface area contributed by atoms with E-state index in [2.05, 4.69) is 21.2 Å². The predicted octanol–water partition coefficient (Wildman–Crippen LogP) is 3.69. The van der Waals surface area contributed by atoms with Crippen LogP contribution in [-0.4, -0.2) is 50.5 Å². The van der Waals surface area contributed by atoms with Crippen molar-refractivity contribution >= 4 is 43.5 Å². The standard InChI is InChI=1S/C23H29BrFN3O4S/c1-4-14-26-23(30)21(5-2)27(15-17-6-10-19(25)11-7-17)22(29)16-28(33(3,31)32)20-12-8-18(24)9-13-20/h6-13,21H,4-5,14-16H2,1-3H3,(H,26,30). The molecule has 10 heteroatoms. The molecular weight excluding hydrogens is 513 g/mol. The van der Waals surface area contributed by atoms with Gasteiger partial charge in [-0.05, 0) is 54.8 Å². The molecule has 1 N–H and O–H groups in total. The molecule has 2 aromatic carbocycles. The molecule has 0 saturated heterocycles. The third-order valence-electron chi connectivity index (χ3n) is 5.00. The topological polar surface area (TPSA) is 86.8 Å². The van der Waals surface area contributed by atoms with Crippen molar-refractivity contribution in [3.05, 3.63) is 64.4 Å². The lowest BCUT2D eigenvalue weighted by molar-refractivity contribution is -0.140. The van der Waals surface area contributed by atoms with Gasteiger partial charge < -0.3 is 10.2 Å². The molecule has 0 aromatic heterocycles. The smallest absolute Gasteiger partial charge is 0.244 e. The van der Waals surface area contributed by atoms with Gasteiger partial charge in [-0.15, -0.1) is 0 Å². The van der Waals surface area contributed by atoms with E-state index in [0.717, 1.165) is 21.5 Å². The van der Waals surface area contributed by atoms with E-state index in [0.29, 0.717) is 24.2 Å². The SMILES string of the molecule is CCCNC(=O)C(CC)N(Cc1ccc(F)cc1)C(=O)CN(c1ccc(Br)cc1)S(C)(=O)=O. The molecule has 0 saturated carbocycles. The van der Waals surface area contributed by atoms with Crippen LogP contribution in [0.5, 0.6) is 0 Å². The lowest BCUT2D eigenvalue weighted by Crippen LogP contribution is -2.52. The molecule has 2 amide bonds. The summed E-state index contributed by atoms with van der Waals surface area (Å²) in [6, 6.07) is 11.4. The van der Waals surface area contributed by atoms with Gasteiger partial charge in [-0.1, -0.05) is 41.9 Å². The summed E-state index contributed by atoms with van der Waals surface area (Å²) in [5.41, 5.74) is 0.959. The number of benzene rings is 2. The number of nitrogens with one attached hydrogen (secondary N) is 1. The first kappa shape index (κ1) is 26.8. The summed E-state index contributed by atoms with van der Waals surface area (Å²) < 4.78 is 40.2. The Balaban J connectivity index is 2.39. The Morgan fingerprint density at radius 2 is 1.67 bits per heavy atom. The van der Waals surface area contributed by atoms with E-state index < -0.39 is 34.3 Å². The Bertz CT molecular complexity index is 1050. The number of carbonyl (C=O) groups is 2. The van der Waals surface area contributed by atoms with Gasteiger partial charge in [0.25, 0.3) is 0 Å². The summed E-state index contributed by atoms with van der Waals surface area (Å²) in [7, 11) is -3.78. The summed E-state index contributed by atoms with van der Waals surface area (Å²) >= 11 is 3.31. The number of sulfonamides is 1. The Morgan fingerprint density at radius 1 is 1.06 bits per heavy atom.